The number of nitrogens with one attached hydrogen (secondary N) is 2. The van der Waals surface area contributed by atoms with Crippen molar-refractivity contribution in [3.05, 3.63) is 111 Å². The minimum atomic E-state index is -3.77. The van der Waals surface area contributed by atoms with E-state index in [2.05, 4.69) is 15.6 Å². The summed E-state index contributed by atoms with van der Waals surface area (Å²) in [5.41, 5.74) is -0.336. The van der Waals surface area contributed by atoms with Gasteiger partial charge in [0.05, 0.1) is 21.6 Å². The Labute approximate surface area is 274 Å². The molecule has 252 valence electrons. The van der Waals surface area contributed by atoms with E-state index in [1.165, 1.54) is 42.6 Å². The van der Waals surface area contributed by atoms with Crippen LogP contribution in [-0.2, 0) is 16.0 Å². The number of nitro benzene ring substituents is 1. The maximum absolute atomic E-state index is 15.2. The van der Waals surface area contributed by atoms with Gasteiger partial charge in [0, 0.05) is 43.7 Å². The van der Waals surface area contributed by atoms with E-state index in [1.54, 1.807) is 0 Å². The number of alkyl halides is 2. The van der Waals surface area contributed by atoms with Crippen LogP contribution in [0.2, 0.25) is 5.02 Å². The highest BCUT2D eigenvalue weighted by Crippen LogP contribution is 2.25. The van der Waals surface area contributed by atoms with Crippen LogP contribution < -0.4 is 10.6 Å². The molecule has 4 rings (SSSR count). The Balaban J connectivity index is 1.43. The van der Waals surface area contributed by atoms with Crippen LogP contribution in [0.15, 0.2) is 72.9 Å². The number of ether oxygens (including phenoxy) is 2. The van der Waals surface area contributed by atoms with Crippen molar-refractivity contribution in [3.63, 3.8) is 0 Å². The fraction of sp³-hybridized carbons (Fsp3) is 0.226. The molecule has 2 N–H and O–H groups in total. The molecule has 1 aromatic heterocycles. The number of hydrogen-bond acceptors (Lipinski definition) is 8. The lowest BCUT2D eigenvalue weighted by atomic mass is 10.1. The van der Waals surface area contributed by atoms with Crippen molar-refractivity contribution in [2.24, 2.45) is 0 Å². The normalized spacial score (nSPS) is 11.8. The summed E-state index contributed by atoms with van der Waals surface area (Å²) in [6, 6.07) is 10.9. The Morgan fingerprint density at radius 2 is 1.77 bits per heavy atom. The molecule has 0 spiro atoms. The zero-order valence-electron chi connectivity index (χ0n) is 24.9. The standard InChI is InChI=1S/C31H26ClF4N5O7/c1-40(29(43)38-15-20-3-2-4-25(34)27(20)32)24(13-31(35,36)17-48-28(42)18-6-9-23(10-7-18)41(45)46)16-47-30(44)39-26-12-21-11-22(33)8-5-19(21)14-37-26/h2-12,14,24H,13,15-17H2,1H3,(H,38,43)(H,37,39,44)/t24-/m0/s1. The molecule has 48 heavy (non-hydrogen) atoms. The number of esters is 1. The largest absolute Gasteiger partial charge is 0.456 e. The van der Waals surface area contributed by atoms with E-state index in [1.807, 2.05) is 0 Å². The number of amides is 3. The molecular formula is C31H26ClF4N5O7. The van der Waals surface area contributed by atoms with Gasteiger partial charge >= 0.3 is 18.1 Å². The molecule has 4 aromatic rings. The van der Waals surface area contributed by atoms with E-state index < -0.39 is 66.3 Å². The molecule has 0 saturated heterocycles. The topological polar surface area (TPSA) is 153 Å². The van der Waals surface area contributed by atoms with E-state index in [-0.39, 0.29) is 34.2 Å². The maximum atomic E-state index is 15.2. The van der Waals surface area contributed by atoms with Crippen molar-refractivity contribution < 1.29 is 46.3 Å². The molecule has 0 saturated carbocycles. The van der Waals surface area contributed by atoms with E-state index in [0.29, 0.717) is 10.8 Å². The smallest absolute Gasteiger partial charge is 0.412 e. The number of likely N-dealkylation sites (N-methyl/N-ethyl adjacent to an activating group) is 1. The third-order valence-electron chi connectivity index (χ3n) is 6.91. The summed E-state index contributed by atoms with van der Waals surface area (Å²) in [7, 11) is 1.15. The number of halogens is 5. The second kappa shape index (κ2) is 15.4. The SMILES string of the molecule is CN(C(=O)NCc1cccc(F)c1Cl)[C@H](COC(=O)Nc1cc2cc(F)ccc2cn1)CC(F)(F)COC(=O)c1ccc([N+](=O)[O-])cc1. The van der Waals surface area contributed by atoms with Crippen molar-refractivity contribution in [1.29, 1.82) is 0 Å². The molecule has 0 aliphatic rings. The molecule has 3 amide bonds. The first-order chi connectivity index (χ1) is 22.7. The molecule has 0 bridgehead atoms. The number of aromatic nitrogens is 1. The van der Waals surface area contributed by atoms with Gasteiger partial charge in [0.15, 0.2) is 6.61 Å². The zero-order chi connectivity index (χ0) is 35.0. The maximum Gasteiger partial charge on any atom is 0.412 e. The number of fused-ring (bicyclic) bond motifs is 1. The first kappa shape index (κ1) is 35.3. The van der Waals surface area contributed by atoms with Crippen molar-refractivity contribution in [2.45, 2.75) is 24.9 Å². The second-order valence-electron chi connectivity index (χ2n) is 10.4. The van der Waals surface area contributed by atoms with Crippen LogP contribution in [0.5, 0.6) is 0 Å². The van der Waals surface area contributed by atoms with Crippen molar-refractivity contribution >= 4 is 52.0 Å². The number of carbonyl (C=O) groups is 3. The number of nitro groups is 1. The van der Waals surface area contributed by atoms with Gasteiger partial charge in [-0.1, -0.05) is 23.7 Å². The predicted molar refractivity (Wildman–Crippen MR) is 165 cm³/mol. The van der Waals surface area contributed by atoms with Crippen molar-refractivity contribution in [1.82, 2.24) is 15.2 Å². The van der Waals surface area contributed by atoms with E-state index in [9.17, 15) is 33.3 Å². The average Bonchev–Trinajstić information content (AvgIpc) is 3.05. The summed E-state index contributed by atoms with van der Waals surface area (Å²) in [5.74, 6) is -6.24. The minimum absolute atomic E-state index is 0.0313. The summed E-state index contributed by atoms with van der Waals surface area (Å²) >= 11 is 5.92. The van der Waals surface area contributed by atoms with Gasteiger partial charge in [-0.15, -0.1) is 0 Å². The Bertz CT molecular complexity index is 1830. The van der Waals surface area contributed by atoms with Gasteiger partial charge in [0.25, 0.3) is 11.6 Å². The minimum Gasteiger partial charge on any atom is -0.456 e. The van der Waals surface area contributed by atoms with Gasteiger partial charge < -0.3 is 19.7 Å². The van der Waals surface area contributed by atoms with Gasteiger partial charge in [-0.25, -0.2) is 36.9 Å². The number of nitrogens with zero attached hydrogens (tertiary/aromatic N) is 3. The molecule has 17 heteroatoms. The van der Waals surface area contributed by atoms with Crippen LogP contribution in [0.25, 0.3) is 10.8 Å². The molecule has 1 heterocycles. The quantitative estimate of drug-likeness (QED) is 0.0719. The van der Waals surface area contributed by atoms with Gasteiger partial charge in [0.1, 0.15) is 24.1 Å². The fourth-order valence-corrected chi connectivity index (χ4v) is 4.52. The third-order valence-corrected chi connectivity index (χ3v) is 7.34. The van der Waals surface area contributed by atoms with Gasteiger partial charge in [0.2, 0.25) is 0 Å². The Morgan fingerprint density at radius 1 is 1.04 bits per heavy atom. The van der Waals surface area contributed by atoms with Gasteiger partial charge in [-0.2, -0.15) is 0 Å². The highest BCUT2D eigenvalue weighted by atomic mass is 35.5. The second-order valence-corrected chi connectivity index (χ2v) is 10.7. The van der Waals surface area contributed by atoms with Crippen LogP contribution >= 0.6 is 11.6 Å². The highest BCUT2D eigenvalue weighted by molar-refractivity contribution is 6.31. The lowest BCUT2D eigenvalue weighted by Crippen LogP contribution is -2.48. The monoisotopic (exact) mass is 691 g/mol. The molecule has 0 radical (unpaired) electrons. The van der Waals surface area contributed by atoms with Crippen LogP contribution in [0.4, 0.5) is 38.7 Å². The van der Waals surface area contributed by atoms with Crippen molar-refractivity contribution in [3.8, 4) is 0 Å². The molecule has 12 nitrogen and oxygen atoms in total. The summed E-state index contributed by atoms with van der Waals surface area (Å²) in [6.07, 6.45) is -0.919. The number of urea groups is 1. The van der Waals surface area contributed by atoms with Crippen molar-refractivity contribution in [2.75, 3.05) is 25.6 Å². The molecule has 3 aromatic carbocycles. The number of carbonyl (C=O) groups excluding carboxylic acids is 3. The number of benzene rings is 3. The fourth-order valence-electron chi connectivity index (χ4n) is 4.32. The number of rotatable bonds is 12. The summed E-state index contributed by atoms with van der Waals surface area (Å²) < 4.78 is 67.6. The van der Waals surface area contributed by atoms with Crippen LogP contribution in [0.1, 0.15) is 22.3 Å². The van der Waals surface area contributed by atoms with E-state index in [4.69, 9.17) is 21.1 Å². The first-order valence-electron chi connectivity index (χ1n) is 13.9. The number of anilines is 1. The van der Waals surface area contributed by atoms with Gasteiger partial charge in [-0.3, -0.25) is 15.4 Å². The Kier molecular flexibility index (Phi) is 11.3. The molecular weight excluding hydrogens is 666 g/mol. The predicted octanol–water partition coefficient (Wildman–Crippen LogP) is 6.72. The molecule has 0 unspecified atom stereocenters. The van der Waals surface area contributed by atoms with E-state index >= 15 is 8.78 Å². The molecule has 0 aliphatic heterocycles. The number of non-ortho nitro benzene ring substituents is 1. The zero-order valence-corrected chi connectivity index (χ0v) is 25.7. The summed E-state index contributed by atoms with van der Waals surface area (Å²) in [4.78, 5) is 52.8. The summed E-state index contributed by atoms with van der Waals surface area (Å²) in [5, 5.41) is 16.3. The third kappa shape index (κ3) is 9.51. The molecule has 0 fully saturated rings. The lowest BCUT2D eigenvalue weighted by molar-refractivity contribution is -0.384. The van der Waals surface area contributed by atoms with Gasteiger partial charge in [-0.05, 0) is 53.4 Å². The van der Waals surface area contributed by atoms with Crippen LogP contribution in [0, 0.1) is 21.7 Å². The molecule has 1 atom stereocenters. The van der Waals surface area contributed by atoms with E-state index in [0.717, 1.165) is 42.3 Å². The van der Waals surface area contributed by atoms with Crippen LogP contribution in [0.3, 0.4) is 0 Å². The first-order valence-corrected chi connectivity index (χ1v) is 14.3. The summed E-state index contributed by atoms with van der Waals surface area (Å²) in [6.45, 7) is -2.49. The average molecular weight is 692 g/mol. The highest BCUT2D eigenvalue weighted by Gasteiger charge is 2.38. The number of pyridine rings is 1. The Hall–Kier alpha value is -5.51. The Morgan fingerprint density at radius 3 is 2.48 bits per heavy atom. The number of hydrogen-bond donors (Lipinski definition) is 2. The molecule has 0 aliphatic carbocycles. The lowest BCUT2D eigenvalue weighted by Gasteiger charge is -2.31. The van der Waals surface area contributed by atoms with Crippen LogP contribution in [-0.4, -0.2) is 65.1 Å².